The van der Waals surface area contributed by atoms with Crippen molar-refractivity contribution in [2.75, 3.05) is 25.5 Å². The number of ether oxygens (including phenoxy) is 1. The number of hydrogen-bond donors (Lipinski definition) is 2. The summed E-state index contributed by atoms with van der Waals surface area (Å²) in [6.07, 6.45) is 3.68. The Morgan fingerprint density at radius 2 is 2.29 bits per heavy atom. The van der Waals surface area contributed by atoms with Crippen molar-refractivity contribution in [2.24, 2.45) is 5.92 Å². The first-order valence-electron chi connectivity index (χ1n) is 6.25. The SMILES string of the molecule is COc1nc2c(c(NCC3CC3)n1)CCNC2. The zero-order chi connectivity index (χ0) is 11.7. The molecule has 0 spiro atoms. The first-order chi connectivity index (χ1) is 8.36. The Kier molecular flexibility index (Phi) is 2.84. The fourth-order valence-corrected chi connectivity index (χ4v) is 2.14. The molecule has 17 heavy (non-hydrogen) atoms. The van der Waals surface area contributed by atoms with Gasteiger partial charge in [-0.05, 0) is 31.7 Å². The van der Waals surface area contributed by atoms with Gasteiger partial charge in [-0.25, -0.2) is 0 Å². The lowest BCUT2D eigenvalue weighted by Crippen LogP contribution is -2.26. The molecule has 0 atom stereocenters. The number of methoxy groups -OCH3 is 1. The van der Waals surface area contributed by atoms with Gasteiger partial charge in [-0.15, -0.1) is 0 Å². The van der Waals surface area contributed by atoms with Crippen molar-refractivity contribution >= 4 is 5.82 Å². The number of aromatic nitrogens is 2. The maximum Gasteiger partial charge on any atom is 0.318 e. The second-order valence-corrected chi connectivity index (χ2v) is 4.74. The molecule has 2 N–H and O–H groups in total. The minimum absolute atomic E-state index is 0.464. The molecule has 1 aliphatic carbocycles. The van der Waals surface area contributed by atoms with Gasteiger partial charge in [0.25, 0.3) is 0 Å². The topological polar surface area (TPSA) is 59.1 Å². The highest BCUT2D eigenvalue weighted by atomic mass is 16.5. The molecule has 0 saturated heterocycles. The molecular formula is C12H18N4O. The second-order valence-electron chi connectivity index (χ2n) is 4.74. The van der Waals surface area contributed by atoms with E-state index in [0.717, 1.165) is 43.5 Å². The first-order valence-corrected chi connectivity index (χ1v) is 6.25. The summed E-state index contributed by atoms with van der Waals surface area (Å²) in [5.41, 5.74) is 2.33. The van der Waals surface area contributed by atoms with E-state index in [-0.39, 0.29) is 0 Å². The summed E-state index contributed by atoms with van der Waals surface area (Å²) < 4.78 is 5.15. The van der Waals surface area contributed by atoms with Gasteiger partial charge in [0.05, 0.1) is 12.8 Å². The third kappa shape index (κ3) is 2.34. The molecule has 92 valence electrons. The van der Waals surface area contributed by atoms with E-state index < -0.39 is 0 Å². The summed E-state index contributed by atoms with van der Waals surface area (Å²) in [7, 11) is 1.61. The van der Waals surface area contributed by atoms with E-state index >= 15 is 0 Å². The fourth-order valence-electron chi connectivity index (χ4n) is 2.14. The molecule has 2 heterocycles. The molecule has 0 amide bonds. The van der Waals surface area contributed by atoms with E-state index in [9.17, 15) is 0 Å². The van der Waals surface area contributed by atoms with Crippen LogP contribution in [0.15, 0.2) is 0 Å². The lowest BCUT2D eigenvalue weighted by atomic mass is 10.1. The van der Waals surface area contributed by atoms with Crippen molar-refractivity contribution in [3.63, 3.8) is 0 Å². The monoisotopic (exact) mass is 234 g/mol. The van der Waals surface area contributed by atoms with Gasteiger partial charge < -0.3 is 15.4 Å². The molecule has 1 fully saturated rings. The standard InChI is InChI=1S/C12H18N4O/c1-17-12-15-10-7-13-5-4-9(10)11(16-12)14-6-8-2-3-8/h8,13H,2-7H2,1H3,(H,14,15,16). The molecule has 0 radical (unpaired) electrons. The van der Waals surface area contributed by atoms with Crippen LogP contribution >= 0.6 is 0 Å². The third-order valence-electron chi connectivity index (χ3n) is 3.35. The van der Waals surface area contributed by atoms with Gasteiger partial charge in [0, 0.05) is 18.7 Å². The molecule has 3 rings (SSSR count). The van der Waals surface area contributed by atoms with Crippen LogP contribution in [0.2, 0.25) is 0 Å². The Balaban J connectivity index is 1.86. The van der Waals surface area contributed by atoms with Crippen LogP contribution in [0, 0.1) is 5.92 Å². The van der Waals surface area contributed by atoms with Gasteiger partial charge in [0.2, 0.25) is 0 Å². The highest BCUT2D eigenvalue weighted by molar-refractivity contribution is 5.48. The van der Waals surface area contributed by atoms with Crippen LogP contribution < -0.4 is 15.4 Å². The highest BCUT2D eigenvalue weighted by Crippen LogP contribution is 2.30. The fraction of sp³-hybridized carbons (Fsp3) is 0.667. The summed E-state index contributed by atoms with van der Waals surface area (Å²) in [5.74, 6) is 1.81. The van der Waals surface area contributed by atoms with Crippen LogP contribution in [0.1, 0.15) is 24.1 Å². The van der Waals surface area contributed by atoms with Gasteiger partial charge in [0.1, 0.15) is 5.82 Å². The van der Waals surface area contributed by atoms with Crippen molar-refractivity contribution in [1.82, 2.24) is 15.3 Å². The van der Waals surface area contributed by atoms with Crippen LogP contribution in [0.25, 0.3) is 0 Å². The van der Waals surface area contributed by atoms with E-state index in [4.69, 9.17) is 4.74 Å². The number of nitrogens with zero attached hydrogens (tertiary/aromatic N) is 2. The molecule has 1 aliphatic heterocycles. The number of hydrogen-bond acceptors (Lipinski definition) is 5. The molecular weight excluding hydrogens is 216 g/mol. The molecule has 0 aromatic carbocycles. The Morgan fingerprint density at radius 1 is 1.41 bits per heavy atom. The molecule has 1 aromatic rings. The van der Waals surface area contributed by atoms with Gasteiger partial charge in [-0.1, -0.05) is 0 Å². The van der Waals surface area contributed by atoms with Crippen molar-refractivity contribution in [1.29, 1.82) is 0 Å². The normalized spacial score (nSPS) is 18.6. The van der Waals surface area contributed by atoms with E-state index in [1.165, 1.54) is 18.4 Å². The zero-order valence-corrected chi connectivity index (χ0v) is 10.1. The Hall–Kier alpha value is -1.36. The summed E-state index contributed by atoms with van der Waals surface area (Å²) in [4.78, 5) is 8.83. The van der Waals surface area contributed by atoms with E-state index in [1.54, 1.807) is 7.11 Å². The number of anilines is 1. The van der Waals surface area contributed by atoms with Crippen molar-refractivity contribution in [2.45, 2.75) is 25.8 Å². The molecule has 0 unspecified atom stereocenters. The lowest BCUT2D eigenvalue weighted by molar-refractivity contribution is 0.376. The molecule has 1 saturated carbocycles. The van der Waals surface area contributed by atoms with Crippen LogP contribution in [-0.2, 0) is 13.0 Å². The zero-order valence-electron chi connectivity index (χ0n) is 10.1. The van der Waals surface area contributed by atoms with Crippen LogP contribution in [0.5, 0.6) is 6.01 Å². The molecule has 1 aromatic heterocycles. The van der Waals surface area contributed by atoms with Gasteiger partial charge >= 0.3 is 6.01 Å². The minimum Gasteiger partial charge on any atom is -0.467 e. The minimum atomic E-state index is 0.464. The molecule has 0 bridgehead atoms. The van der Waals surface area contributed by atoms with Gasteiger partial charge in [-0.3, -0.25) is 0 Å². The van der Waals surface area contributed by atoms with Crippen molar-refractivity contribution in [3.05, 3.63) is 11.3 Å². The van der Waals surface area contributed by atoms with Crippen molar-refractivity contribution in [3.8, 4) is 6.01 Å². The van der Waals surface area contributed by atoms with Gasteiger partial charge in [-0.2, -0.15) is 9.97 Å². The molecule has 5 heteroatoms. The summed E-state index contributed by atoms with van der Waals surface area (Å²) >= 11 is 0. The number of rotatable bonds is 4. The average molecular weight is 234 g/mol. The third-order valence-corrected chi connectivity index (χ3v) is 3.35. The van der Waals surface area contributed by atoms with E-state index in [0.29, 0.717) is 6.01 Å². The predicted molar refractivity (Wildman–Crippen MR) is 65.2 cm³/mol. The maximum absolute atomic E-state index is 5.15. The number of fused-ring (bicyclic) bond motifs is 1. The van der Waals surface area contributed by atoms with E-state index in [2.05, 4.69) is 20.6 Å². The maximum atomic E-state index is 5.15. The lowest BCUT2D eigenvalue weighted by Gasteiger charge is -2.20. The summed E-state index contributed by atoms with van der Waals surface area (Å²) in [5, 5.41) is 6.77. The Labute approximate surface area is 101 Å². The first kappa shape index (κ1) is 10.8. The van der Waals surface area contributed by atoms with Crippen LogP contribution in [0.3, 0.4) is 0 Å². The van der Waals surface area contributed by atoms with Crippen molar-refractivity contribution < 1.29 is 4.74 Å². The Morgan fingerprint density at radius 3 is 3.06 bits per heavy atom. The quantitative estimate of drug-likeness (QED) is 0.812. The highest BCUT2D eigenvalue weighted by Gasteiger charge is 2.23. The summed E-state index contributed by atoms with van der Waals surface area (Å²) in [6, 6.07) is 0.464. The Bertz CT molecular complexity index is 417. The molecule has 2 aliphatic rings. The predicted octanol–water partition coefficient (Wildman–Crippen LogP) is 0.953. The molecule has 5 nitrogen and oxygen atoms in total. The van der Waals surface area contributed by atoms with Crippen LogP contribution in [0.4, 0.5) is 5.82 Å². The van der Waals surface area contributed by atoms with Gasteiger partial charge in [0.15, 0.2) is 0 Å². The van der Waals surface area contributed by atoms with E-state index in [1.807, 2.05) is 0 Å². The largest absolute Gasteiger partial charge is 0.467 e. The summed E-state index contributed by atoms with van der Waals surface area (Å²) in [6.45, 7) is 2.84. The number of nitrogens with one attached hydrogen (secondary N) is 2. The van der Waals surface area contributed by atoms with Crippen LogP contribution in [-0.4, -0.2) is 30.2 Å². The average Bonchev–Trinajstić information content (AvgIpc) is 3.19. The second kappa shape index (κ2) is 4.49. The smallest absolute Gasteiger partial charge is 0.318 e.